The number of aryl methyl sites for hydroxylation is 2. The van der Waals surface area contributed by atoms with Crippen LogP contribution in [-0.2, 0) is 17.3 Å². The van der Waals surface area contributed by atoms with E-state index >= 15 is 0 Å². The molecule has 2 aromatic rings. The Balaban J connectivity index is 2.49. The lowest BCUT2D eigenvalue weighted by Gasteiger charge is -2.26. The van der Waals surface area contributed by atoms with Gasteiger partial charge in [0.25, 0.3) is 0 Å². The lowest BCUT2D eigenvalue weighted by atomic mass is 9.79. The summed E-state index contributed by atoms with van der Waals surface area (Å²) in [4.78, 5) is 0. The van der Waals surface area contributed by atoms with Crippen molar-refractivity contribution in [2.24, 2.45) is 0 Å². The molecular formula is C23H32. The van der Waals surface area contributed by atoms with Gasteiger partial charge in [-0.3, -0.25) is 0 Å². The summed E-state index contributed by atoms with van der Waals surface area (Å²) in [7, 11) is 0. The van der Waals surface area contributed by atoms with Gasteiger partial charge >= 0.3 is 0 Å². The minimum atomic E-state index is 0.179. The van der Waals surface area contributed by atoms with Crippen LogP contribution in [0.5, 0.6) is 0 Å². The van der Waals surface area contributed by atoms with E-state index in [9.17, 15) is 0 Å². The third-order valence-electron chi connectivity index (χ3n) is 4.41. The second kappa shape index (κ2) is 6.15. The van der Waals surface area contributed by atoms with E-state index < -0.39 is 0 Å². The van der Waals surface area contributed by atoms with E-state index in [2.05, 4.69) is 91.8 Å². The van der Waals surface area contributed by atoms with Crippen molar-refractivity contribution < 1.29 is 0 Å². The topological polar surface area (TPSA) is 0 Å². The molecular weight excluding hydrogens is 276 g/mol. The average Bonchev–Trinajstić information content (AvgIpc) is 2.34. The Morgan fingerprint density at radius 3 is 1.35 bits per heavy atom. The van der Waals surface area contributed by atoms with Gasteiger partial charge < -0.3 is 0 Å². The monoisotopic (exact) mass is 308 g/mol. The molecule has 0 heteroatoms. The van der Waals surface area contributed by atoms with Crippen LogP contribution in [0.3, 0.4) is 0 Å². The molecule has 0 radical (unpaired) electrons. The van der Waals surface area contributed by atoms with Gasteiger partial charge in [0.1, 0.15) is 0 Å². The lowest BCUT2D eigenvalue weighted by Crippen LogP contribution is -2.17. The van der Waals surface area contributed by atoms with Crippen LogP contribution in [0, 0.1) is 13.8 Å². The quantitative estimate of drug-likeness (QED) is 0.595. The van der Waals surface area contributed by atoms with E-state index in [1.54, 1.807) is 0 Å². The maximum atomic E-state index is 2.40. The summed E-state index contributed by atoms with van der Waals surface area (Å²) in [5, 5.41) is 0. The molecule has 0 aliphatic heterocycles. The van der Waals surface area contributed by atoms with Crippen LogP contribution in [0.2, 0.25) is 0 Å². The van der Waals surface area contributed by atoms with E-state index in [0.717, 1.165) is 6.42 Å². The van der Waals surface area contributed by atoms with E-state index in [-0.39, 0.29) is 10.8 Å². The Hall–Kier alpha value is -1.56. The molecule has 0 aliphatic carbocycles. The zero-order chi connectivity index (χ0) is 17.4. The van der Waals surface area contributed by atoms with Gasteiger partial charge in [-0.15, -0.1) is 0 Å². The fourth-order valence-electron chi connectivity index (χ4n) is 3.07. The summed E-state index contributed by atoms with van der Waals surface area (Å²) >= 11 is 0. The molecule has 2 aromatic carbocycles. The van der Waals surface area contributed by atoms with Crippen molar-refractivity contribution in [2.45, 2.75) is 72.6 Å². The summed E-state index contributed by atoms with van der Waals surface area (Å²) in [5.41, 5.74) is 8.76. The van der Waals surface area contributed by atoms with Crippen LogP contribution >= 0.6 is 0 Å². The van der Waals surface area contributed by atoms with Gasteiger partial charge in [-0.2, -0.15) is 0 Å². The van der Waals surface area contributed by atoms with Gasteiger partial charge in [0.2, 0.25) is 0 Å². The van der Waals surface area contributed by atoms with Crippen LogP contribution in [0.15, 0.2) is 36.4 Å². The predicted molar refractivity (Wildman–Crippen MR) is 103 cm³/mol. The summed E-state index contributed by atoms with van der Waals surface area (Å²) in [6, 6.07) is 14.1. The van der Waals surface area contributed by atoms with Crippen molar-refractivity contribution in [3.63, 3.8) is 0 Å². The maximum Gasteiger partial charge on any atom is -0.00254 e. The first-order valence-corrected chi connectivity index (χ1v) is 8.67. The molecule has 0 bridgehead atoms. The molecule has 0 aromatic heterocycles. The number of benzene rings is 2. The predicted octanol–water partition coefficient (Wildman–Crippen LogP) is 6.49. The number of rotatable bonds is 2. The van der Waals surface area contributed by atoms with Crippen molar-refractivity contribution >= 4 is 0 Å². The van der Waals surface area contributed by atoms with Gasteiger partial charge in [-0.05, 0) is 53.4 Å². The highest BCUT2D eigenvalue weighted by Crippen LogP contribution is 2.31. The largest absolute Gasteiger partial charge is 0.0564 e. The normalized spacial score (nSPS) is 12.5. The van der Waals surface area contributed by atoms with Crippen LogP contribution in [0.1, 0.15) is 74.9 Å². The third-order valence-corrected chi connectivity index (χ3v) is 4.41. The van der Waals surface area contributed by atoms with Crippen molar-refractivity contribution in [2.75, 3.05) is 0 Å². The van der Waals surface area contributed by atoms with Crippen molar-refractivity contribution in [1.82, 2.24) is 0 Å². The van der Waals surface area contributed by atoms with Crippen LogP contribution in [0.4, 0.5) is 0 Å². The number of hydrogen-bond donors (Lipinski definition) is 0. The minimum absolute atomic E-state index is 0.179. The second-order valence-electron chi connectivity index (χ2n) is 9.09. The standard InChI is InChI=1S/C23H32/c1-16-9-17(2)11-18(10-16)12-19-13-20(22(3,4)5)15-21(14-19)23(6,7)8/h9-11,13-15H,12H2,1-8H3. The molecule has 0 amide bonds. The van der Waals surface area contributed by atoms with E-state index in [0.29, 0.717) is 0 Å². The highest BCUT2D eigenvalue weighted by molar-refractivity contribution is 5.40. The molecule has 0 unspecified atom stereocenters. The first kappa shape index (κ1) is 17.8. The molecule has 0 nitrogen and oxygen atoms in total. The zero-order valence-electron chi connectivity index (χ0n) is 16.2. The Bertz CT molecular complexity index is 638. The highest BCUT2D eigenvalue weighted by atomic mass is 14.2. The molecule has 0 saturated heterocycles. The summed E-state index contributed by atoms with van der Waals surface area (Å²) in [6.07, 6.45) is 1.01. The molecule has 0 N–H and O–H groups in total. The Kier molecular flexibility index (Phi) is 4.76. The van der Waals surface area contributed by atoms with Gasteiger partial charge in [-0.1, -0.05) is 89.1 Å². The van der Waals surface area contributed by atoms with Gasteiger partial charge in [0, 0.05) is 0 Å². The van der Waals surface area contributed by atoms with Crippen molar-refractivity contribution in [3.8, 4) is 0 Å². The Morgan fingerprint density at radius 1 is 0.565 bits per heavy atom. The summed E-state index contributed by atoms with van der Waals surface area (Å²) in [5.74, 6) is 0. The molecule has 23 heavy (non-hydrogen) atoms. The molecule has 0 aliphatic rings. The fraction of sp³-hybridized carbons (Fsp3) is 0.478. The maximum absolute atomic E-state index is 2.40. The third kappa shape index (κ3) is 4.70. The van der Waals surface area contributed by atoms with E-state index in [1.165, 1.54) is 33.4 Å². The van der Waals surface area contributed by atoms with Crippen LogP contribution in [0.25, 0.3) is 0 Å². The molecule has 0 atom stereocenters. The minimum Gasteiger partial charge on any atom is -0.0564 e. The SMILES string of the molecule is Cc1cc(C)cc(Cc2cc(C(C)(C)C)cc(C(C)(C)C)c2)c1. The second-order valence-corrected chi connectivity index (χ2v) is 9.09. The molecule has 2 rings (SSSR count). The lowest BCUT2D eigenvalue weighted by molar-refractivity contribution is 0.567. The molecule has 0 saturated carbocycles. The Labute approximate surface area is 143 Å². The van der Waals surface area contributed by atoms with E-state index in [1.807, 2.05) is 0 Å². The van der Waals surface area contributed by atoms with Gasteiger partial charge in [-0.25, -0.2) is 0 Å². The van der Waals surface area contributed by atoms with E-state index in [4.69, 9.17) is 0 Å². The first-order chi connectivity index (χ1) is 10.4. The summed E-state index contributed by atoms with van der Waals surface area (Å²) < 4.78 is 0. The van der Waals surface area contributed by atoms with Crippen molar-refractivity contribution in [1.29, 1.82) is 0 Å². The number of hydrogen-bond acceptors (Lipinski definition) is 0. The molecule has 0 heterocycles. The van der Waals surface area contributed by atoms with Gasteiger partial charge in [0.05, 0.1) is 0 Å². The smallest absolute Gasteiger partial charge is 0.00254 e. The first-order valence-electron chi connectivity index (χ1n) is 8.67. The molecule has 0 spiro atoms. The van der Waals surface area contributed by atoms with Crippen molar-refractivity contribution in [3.05, 3.63) is 69.8 Å². The Morgan fingerprint density at radius 2 is 0.957 bits per heavy atom. The average molecular weight is 309 g/mol. The highest BCUT2D eigenvalue weighted by Gasteiger charge is 2.20. The van der Waals surface area contributed by atoms with Crippen LogP contribution in [-0.4, -0.2) is 0 Å². The fourth-order valence-corrected chi connectivity index (χ4v) is 3.07. The van der Waals surface area contributed by atoms with Gasteiger partial charge in [0.15, 0.2) is 0 Å². The molecule has 0 fully saturated rings. The summed E-state index contributed by atoms with van der Waals surface area (Å²) in [6.45, 7) is 18.2. The zero-order valence-corrected chi connectivity index (χ0v) is 16.2. The van der Waals surface area contributed by atoms with Crippen LogP contribution < -0.4 is 0 Å². The molecule has 124 valence electrons.